The van der Waals surface area contributed by atoms with Gasteiger partial charge in [-0.1, -0.05) is 24.3 Å². The molecule has 2 aromatic carbocycles. The molecule has 0 bridgehead atoms. The fourth-order valence-electron chi connectivity index (χ4n) is 2.24. The standard InChI is InChI=1S/C18H16F2N4/c1-12-9-17(21-11-13-5-2-3-8-16(13)20)24-18(22-12)23-15-7-4-6-14(19)10-15/h2-10H,11H2,1H3,(H2,21,22,23,24). The lowest BCUT2D eigenvalue weighted by molar-refractivity contribution is 0.613. The molecule has 0 amide bonds. The van der Waals surface area contributed by atoms with E-state index in [0.717, 1.165) is 5.69 Å². The van der Waals surface area contributed by atoms with Crippen LogP contribution in [0, 0.1) is 18.6 Å². The maximum absolute atomic E-state index is 13.7. The lowest BCUT2D eigenvalue weighted by Crippen LogP contribution is -2.06. The van der Waals surface area contributed by atoms with Crippen LogP contribution in [0.1, 0.15) is 11.3 Å². The van der Waals surface area contributed by atoms with E-state index in [9.17, 15) is 8.78 Å². The number of nitrogens with one attached hydrogen (secondary N) is 2. The average Bonchev–Trinajstić information content (AvgIpc) is 2.53. The molecule has 6 heteroatoms. The van der Waals surface area contributed by atoms with Crippen LogP contribution in [0.2, 0.25) is 0 Å². The molecule has 0 atom stereocenters. The number of rotatable bonds is 5. The maximum Gasteiger partial charge on any atom is 0.229 e. The van der Waals surface area contributed by atoms with Gasteiger partial charge in [0.25, 0.3) is 0 Å². The molecule has 0 spiro atoms. The van der Waals surface area contributed by atoms with Gasteiger partial charge in [0.15, 0.2) is 0 Å². The molecule has 0 aliphatic carbocycles. The third kappa shape index (κ3) is 4.04. The first-order chi connectivity index (χ1) is 11.6. The Kier molecular flexibility index (Phi) is 4.65. The van der Waals surface area contributed by atoms with Crippen molar-refractivity contribution in [2.75, 3.05) is 10.6 Å². The zero-order valence-corrected chi connectivity index (χ0v) is 13.1. The van der Waals surface area contributed by atoms with E-state index in [1.54, 1.807) is 36.4 Å². The molecule has 0 fully saturated rings. The smallest absolute Gasteiger partial charge is 0.229 e. The van der Waals surface area contributed by atoms with Gasteiger partial charge in [-0.05, 0) is 31.2 Å². The van der Waals surface area contributed by atoms with Gasteiger partial charge in [-0.2, -0.15) is 4.98 Å². The highest BCUT2D eigenvalue weighted by molar-refractivity contribution is 5.55. The molecule has 3 aromatic rings. The molecule has 122 valence electrons. The largest absolute Gasteiger partial charge is 0.366 e. The highest BCUT2D eigenvalue weighted by Gasteiger charge is 2.05. The predicted octanol–water partition coefficient (Wildman–Crippen LogP) is 4.42. The van der Waals surface area contributed by atoms with Crippen molar-refractivity contribution < 1.29 is 8.78 Å². The monoisotopic (exact) mass is 326 g/mol. The van der Waals surface area contributed by atoms with E-state index in [1.807, 2.05) is 6.92 Å². The Morgan fingerprint density at radius 3 is 2.58 bits per heavy atom. The van der Waals surface area contributed by atoms with Crippen LogP contribution in [0.5, 0.6) is 0 Å². The highest BCUT2D eigenvalue weighted by Crippen LogP contribution is 2.17. The Balaban J connectivity index is 1.75. The van der Waals surface area contributed by atoms with Crippen molar-refractivity contribution in [3.63, 3.8) is 0 Å². The lowest BCUT2D eigenvalue weighted by Gasteiger charge is -2.10. The van der Waals surface area contributed by atoms with Crippen LogP contribution in [0.4, 0.5) is 26.2 Å². The van der Waals surface area contributed by atoms with Gasteiger partial charge in [0, 0.05) is 29.6 Å². The van der Waals surface area contributed by atoms with Crippen molar-refractivity contribution >= 4 is 17.5 Å². The molecule has 0 unspecified atom stereocenters. The van der Waals surface area contributed by atoms with E-state index in [2.05, 4.69) is 20.6 Å². The first kappa shape index (κ1) is 15.9. The molecule has 0 radical (unpaired) electrons. The average molecular weight is 326 g/mol. The molecule has 0 saturated heterocycles. The zero-order chi connectivity index (χ0) is 16.9. The van der Waals surface area contributed by atoms with Crippen LogP contribution in [-0.2, 0) is 6.54 Å². The Hall–Kier alpha value is -3.02. The number of benzene rings is 2. The predicted molar refractivity (Wildman–Crippen MR) is 90.2 cm³/mol. The summed E-state index contributed by atoms with van der Waals surface area (Å²) in [5, 5.41) is 6.03. The summed E-state index contributed by atoms with van der Waals surface area (Å²) in [6.45, 7) is 2.13. The van der Waals surface area contributed by atoms with Crippen LogP contribution >= 0.6 is 0 Å². The van der Waals surface area contributed by atoms with Gasteiger partial charge in [0.05, 0.1) is 0 Å². The van der Waals surface area contributed by atoms with Crippen molar-refractivity contribution in [2.24, 2.45) is 0 Å². The van der Waals surface area contributed by atoms with Crippen LogP contribution in [0.25, 0.3) is 0 Å². The summed E-state index contributed by atoms with van der Waals surface area (Å²) in [4.78, 5) is 8.60. The third-order valence-corrected chi connectivity index (χ3v) is 3.35. The number of nitrogens with zero attached hydrogens (tertiary/aromatic N) is 2. The van der Waals surface area contributed by atoms with Crippen LogP contribution in [0.15, 0.2) is 54.6 Å². The number of aromatic nitrogens is 2. The third-order valence-electron chi connectivity index (χ3n) is 3.35. The van der Waals surface area contributed by atoms with Crippen molar-refractivity contribution in [1.29, 1.82) is 0 Å². The number of halogens is 2. The molecule has 0 aliphatic rings. The zero-order valence-electron chi connectivity index (χ0n) is 13.1. The molecular formula is C18H16F2N4. The first-order valence-corrected chi connectivity index (χ1v) is 7.46. The fraction of sp³-hybridized carbons (Fsp3) is 0.111. The van der Waals surface area contributed by atoms with Crippen molar-refractivity contribution in [3.05, 3.63) is 77.5 Å². The number of hydrogen-bond donors (Lipinski definition) is 2. The summed E-state index contributed by atoms with van der Waals surface area (Å²) < 4.78 is 26.9. The second kappa shape index (κ2) is 7.04. The topological polar surface area (TPSA) is 49.8 Å². The van der Waals surface area contributed by atoms with Crippen LogP contribution < -0.4 is 10.6 Å². The van der Waals surface area contributed by atoms with Gasteiger partial charge < -0.3 is 10.6 Å². The molecule has 1 aromatic heterocycles. The van der Waals surface area contributed by atoms with Gasteiger partial charge in [0.2, 0.25) is 5.95 Å². The minimum Gasteiger partial charge on any atom is -0.366 e. The molecular weight excluding hydrogens is 310 g/mol. The first-order valence-electron chi connectivity index (χ1n) is 7.46. The van der Waals surface area contributed by atoms with Gasteiger partial charge in [-0.15, -0.1) is 0 Å². The number of aryl methyl sites for hydroxylation is 1. The molecule has 24 heavy (non-hydrogen) atoms. The molecule has 4 nitrogen and oxygen atoms in total. The van der Waals surface area contributed by atoms with E-state index in [1.165, 1.54) is 18.2 Å². The molecule has 0 aliphatic heterocycles. The van der Waals surface area contributed by atoms with Gasteiger partial charge >= 0.3 is 0 Å². The van der Waals surface area contributed by atoms with Gasteiger partial charge in [0.1, 0.15) is 17.5 Å². The molecule has 1 heterocycles. The Morgan fingerprint density at radius 2 is 1.79 bits per heavy atom. The second-order valence-corrected chi connectivity index (χ2v) is 5.30. The van der Waals surface area contributed by atoms with Crippen LogP contribution in [-0.4, -0.2) is 9.97 Å². The normalized spacial score (nSPS) is 10.5. The Bertz CT molecular complexity index is 852. The van der Waals surface area contributed by atoms with E-state index >= 15 is 0 Å². The maximum atomic E-state index is 13.7. The second-order valence-electron chi connectivity index (χ2n) is 5.30. The van der Waals surface area contributed by atoms with Crippen molar-refractivity contribution in [1.82, 2.24) is 9.97 Å². The van der Waals surface area contributed by atoms with Crippen LogP contribution in [0.3, 0.4) is 0 Å². The lowest BCUT2D eigenvalue weighted by atomic mass is 10.2. The summed E-state index contributed by atoms with van der Waals surface area (Å²) in [5.41, 5.74) is 1.84. The summed E-state index contributed by atoms with van der Waals surface area (Å²) in [5.74, 6) is 0.292. The molecule has 2 N–H and O–H groups in total. The quantitative estimate of drug-likeness (QED) is 0.729. The molecule has 3 rings (SSSR count). The number of hydrogen-bond acceptors (Lipinski definition) is 4. The van der Waals surface area contributed by atoms with E-state index in [4.69, 9.17) is 0 Å². The van der Waals surface area contributed by atoms with E-state index in [-0.39, 0.29) is 11.6 Å². The van der Waals surface area contributed by atoms with Gasteiger partial charge in [-0.3, -0.25) is 0 Å². The minimum atomic E-state index is -0.342. The van der Waals surface area contributed by atoms with E-state index in [0.29, 0.717) is 29.6 Å². The van der Waals surface area contributed by atoms with Gasteiger partial charge in [-0.25, -0.2) is 13.8 Å². The highest BCUT2D eigenvalue weighted by atomic mass is 19.1. The van der Waals surface area contributed by atoms with E-state index < -0.39 is 0 Å². The summed E-state index contributed by atoms with van der Waals surface area (Å²) in [6.07, 6.45) is 0. The molecule has 0 saturated carbocycles. The van der Waals surface area contributed by atoms with Crippen molar-refractivity contribution in [2.45, 2.75) is 13.5 Å². The van der Waals surface area contributed by atoms with Crippen molar-refractivity contribution in [3.8, 4) is 0 Å². The summed E-state index contributed by atoms with van der Waals surface area (Å²) in [6, 6.07) is 14.4. The Morgan fingerprint density at radius 1 is 0.958 bits per heavy atom. The Labute approximate surface area is 138 Å². The summed E-state index contributed by atoms with van der Waals surface area (Å²) in [7, 11) is 0. The number of anilines is 3. The SMILES string of the molecule is Cc1cc(NCc2ccccc2F)nc(Nc2cccc(F)c2)n1. The fourth-order valence-corrected chi connectivity index (χ4v) is 2.24. The summed E-state index contributed by atoms with van der Waals surface area (Å²) >= 11 is 0. The minimum absolute atomic E-state index is 0.270.